The summed E-state index contributed by atoms with van der Waals surface area (Å²) in [4.78, 5) is 27.5. The summed E-state index contributed by atoms with van der Waals surface area (Å²) in [5, 5.41) is 3.31. The first-order valence-electron chi connectivity index (χ1n) is 10.1. The lowest BCUT2D eigenvalue weighted by Crippen LogP contribution is -2.52. The Labute approximate surface area is 202 Å². The molecule has 7 nitrogen and oxygen atoms in total. The van der Waals surface area contributed by atoms with Crippen molar-refractivity contribution in [1.29, 1.82) is 0 Å². The maximum atomic E-state index is 13.4. The van der Waals surface area contributed by atoms with Gasteiger partial charge in [0.2, 0.25) is 21.8 Å². The predicted octanol–water partition coefficient (Wildman–Crippen LogP) is 3.81. The van der Waals surface area contributed by atoms with Gasteiger partial charge in [0.05, 0.1) is 11.9 Å². The van der Waals surface area contributed by atoms with Crippen molar-refractivity contribution in [1.82, 2.24) is 10.2 Å². The summed E-state index contributed by atoms with van der Waals surface area (Å²) in [5.41, 5.74) is 1.14. The van der Waals surface area contributed by atoms with Gasteiger partial charge >= 0.3 is 0 Å². The van der Waals surface area contributed by atoms with Crippen LogP contribution in [0, 0.1) is 0 Å². The molecule has 0 aliphatic rings. The molecule has 32 heavy (non-hydrogen) atoms. The molecule has 10 heteroatoms. The van der Waals surface area contributed by atoms with Crippen LogP contribution >= 0.6 is 27.5 Å². The number of benzene rings is 2. The van der Waals surface area contributed by atoms with Crippen molar-refractivity contribution < 1.29 is 18.0 Å². The lowest BCUT2D eigenvalue weighted by atomic mass is 10.1. The van der Waals surface area contributed by atoms with Crippen LogP contribution in [0.3, 0.4) is 0 Å². The van der Waals surface area contributed by atoms with Crippen LogP contribution in [0.5, 0.6) is 0 Å². The van der Waals surface area contributed by atoms with E-state index in [1.807, 2.05) is 6.92 Å². The van der Waals surface area contributed by atoms with Crippen LogP contribution in [-0.2, 0) is 26.2 Å². The molecule has 174 valence electrons. The molecule has 2 rings (SSSR count). The summed E-state index contributed by atoms with van der Waals surface area (Å²) in [6.07, 6.45) is 1.43. The highest BCUT2D eigenvalue weighted by Gasteiger charge is 2.31. The van der Waals surface area contributed by atoms with Crippen LogP contribution < -0.4 is 9.62 Å². The SMILES string of the molecule is CCNC(=O)[C@@H](CC)N(Cc1ccc(Cl)cc1)C(=O)CN(c1ccc(Br)cc1)S(C)(=O)=O. The van der Waals surface area contributed by atoms with Crippen LogP contribution in [0.1, 0.15) is 25.8 Å². The fraction of sp³-hybridized carbons (Fsp3) is 0.364. The maximum absolute atomic E-state index is 13.4. The number of likely N-dealkylation sites (N-methyl/N-ethyl adjacent to an activating group) is 1. The minimum absolute atomic E-state index is 0.142. The van der Waals surface area contributed by atoms with Gasteiger partial charge in [0.15, 0.2) is 0 Å². The van der Waals surface area contributed by atoms with Crippen molar-refractivity contribution in [3.05, 3.63) is 63.6 Å². The van der Waals surface area contributed by atoms with Gasteiger partial charge in [-0.3, -0.25) is 13.9 Å². The van der Waals surface area contributed by atoms with Crippen LogP contribution in [0.2, 0.25) is 5.02 Å². The molecule has 0 bridgehead atoms. The first kappa shape index (κ1) is 26.2. The highest BCUT2D eigenvalue weighted by molar-refractivity contribution is 9.10. The number of hydrogen-bond acceptors (Lipinski definition) is 4. The normalized spacial score (nSPS) is 12.2. The molecule has 0 saturated carbocycles. The van der Waals surface area contributed by atoms with Gasteiger partial charge < -0.3 is 10.2 Å². The summed E-state index contributed by atoms with van der Waals surface area (Å²) >= 11 is 9.29. The molecule has 0 radical (unpaired) electrons. The van der Waals surface area contributed by atoms with E-state index in [0.29, 0.717) is 23.7 Å². The zero-order chi connectivity index (χ0) is 23.9. The third-order valence-electron chi connectivity index (χ3n) is 4.80. The summed E-state index contributed by atoms with van der Waals surface area (Å²) in [5.74, 6) is -0.766. The van der Waals surface area contributed by atoms with Crippen molar-refractivity contribution in [3.8, 4) is 0 Å². The molecule has 2 amide bonds. The average molecular weight is 545 g/mol. The smallest absolute Gasteiger partial charge is 0.244 e. The van der Waals surface area contributed by atoms with E-state index in [1.165, 1.54) is 4.90 Å². The molecule has 0 aromatic heterocycles. The molecular weight excluding hydrogens is 518 g/mol. The van der Waals surface area contributed by atoms with Crippen LogP contribution in [0.4, 0.5) is 5.69 Å². The number of amides is 2. The number of nitrogens with one attached hydrogen (secondary N) is 1. The second-order valence-corrected chi connectivity index (χ2v) is 10.5. The lowest BCUT2D eigenvalue weighted by molar-refractivity contribution is -0.140. The Morgan fingerprint density at radius 1 is 1.06 bits per heavy atom. The van der Waals surface area contributed by atoms with E-state index < -0.39 is 28.5 Å². The number of carbonyl (C=O) groups excluding carboxylic acids is 2. The molecule has 2 aromatic carbocycles. The van der Waals surface area contributed by atoms with E-state index in [2.05, 4.69) is 21.2 Å². The summed E-state index contributed by atoms with van der Waals surface area (Å²) in [6.45, 7) is 3.75. The number of nitrogens with zero attached hydrogens (tertiary/aromatic N) is 2. The first-order chi connectivity index (χ1) is 15.1. The van der Waals surface area contributed by atoms with E-state index in [-0.39, 0.29) is 12.5 Å². The minimum Gasteiger partial charge on any atom is -0.355 e. The second kappa shape index (κ2) is 11.7. The van der Waals surface area contributed by atoms with E-state index >= 15 is 0 Å². The molecular formula is C22H27BrClN3O4S. The molecule has 2 aromatic rings. The second-order valence-electron chi connectivity index (χ2n) is 7.21. The molecule has 0 aliphatic heterocycles. The van der Waals surface area contributed by atoms with Gasteiger partial charge in [-0.15, -0.1) is 0 Å². The quantitative estimate of drug-likeness (QED) is 0.493. The number of carbonyl (C=O) groups is 2. The Morgan fingerprint density at radius 2 is 1.66 bits per heavy atom. The summed E-state index contributed by atoms with van der Waals surface area (Å²) < 4.78 is 26.8. The van der Waals surface area contributed by atoms with Gasteiger partial charge in [0.1, 0.15) is 12.6 Å². The number of halogens is 2. The first-order valence-corrected chi connectivity index (χ1v) is 13.1. The molecule has 0 aliphatic carbocycles. The summed E-state index contributed by atoms with van der Waals surface area (Å²) in [7, 11) is -3.75. The standard InChI is InChI=1S/C22H27BrClN3O4S/c1-4-20(22(29)25-5-2)26(14-16-6-10-18(24)11-7-16)21(28)15-27(32(3,30)31)19-12-8-17(23)9-13-19/h6-13,20H,4-5,14-15H2,1-3H3,(H,25,29)/t20-/m1/s1. The Kier molecular flexibility index (Phi) is 9.54. The molecule has 0 heterocycles. The Bertz CT molecular complexity index is 1030. The minimum atomic E-state index is -3.75. The number of anilines is 1. The molecule has 0 unspecified atom stereocenters. The number of hydrogen-bond donors (Lipinski definition) is 1. The predicted molar refractivity (Wildman–Crippen MR) is 131 cm³/mol. The van der Waals surface area contributed by atoms with Crippen molar-refractivity contribution >= 4 is 55.1 Å². The highest BCUT2D eigenvalue weighted by atomic mass is 79.9. The Balaban J connectivity index is 2.40. The van der Waals surface area contributed by atoms with Gasteiger partial charge in [-0.25, -0.2) is 8.42 Å². The fourth-order valence-corrected chi connectivity index (χ4v) is 4.46. The molecule has 0 spiro atoms. The topological polar surface area (TPSA) is 86.8 Å². The monoisotopic (exact) mass is 543 g/mol. The van der Waals surface area contributed by atoms with Gasteiger partial charge in [-0.2, -0.15) is 0 Å². The van der Waals surface area contributed by atoms with Gasteiger partial charge in [-0.1, -0.05) is 46.6 Å². The highest BCUT2D eigenvalue weighted by Crippen LogP contribution is 2.22. The third kappa shape index (κ3) is 7.21. The third-order valence-corrected chi connectivity index (χ3v) is 6.72. The van der Waals surface area contributed by atoms with E-state index in [1.54, 1.807) is 55.5 Å². The van der Waals surface area contributed by atoms with E-state index in [0.717, 1.165) is 20.6 Å². The van der Waals surface area contributed by atoms with Crippen LogP contribution in [-0.4, -0.2) is 50.5 Å². The van der Waals surface area contributed by atoms with Crippen LogP contribution in [0.25, 0.3) is 0 Å². The van der Waals surface area contributed by atoms with E-state index in [4.69, 9.17) is 11.6 Å². The largest absolute Gasteiger partial charge is 0.355 e. The van der Waals surface area contributed by atoms with Crippen molar-refractivity contribution in [3.63, 3.8) is 0 Å². The fourth-order valence-electron chi connectivity index (χ4n) is 3.22. The van der Waals surface area contributed by atoms with Crippen molar-refractivity contribution in [2.75, 3.05) is 23.7 Å². The lowest BCUT2D eigenvalue weighted by Gasteiger charge is -2.32. The molecule has 1 atom stereocenters. The zero-order valence-corrected chi connectivity index (χ0v) is 21.4. The van der Waals surface area contributed by atoms with Gasteiger partial charge in [-0.05, 0) is 55.3 Å². The van der Waals surface area contributed by atoms with Gasteiger partial charge in [0, 0.05) is 22.6 Å². The molecule has 0 fully saturated rings. The molecule has 1 N–H and O–H groups in total. The Morgan fingerprint density at radius 3 is 2.16 bits per heavy atom. The molecule has 0 saturated heterocycles. The number of sulfonamides is 1. The van der Waals surface area contributed by atoms with Crippen molar-refractivity contribution in [2.45, 2.75) is 32.9 Å². The average Bonchev–Trinajstić information content (AvgIpc) is 2.73. The zero-order valence-electron chi connectivity index (χ0n) is 18.2. The van der Waals surface area contributed by atoms with E-state index in [9.17, 15) is 18.0 Å². The maximum Gasteiger partial charge on any atom is 0.244 e. The van der Waals surface area contributed by atoms with Gasteiger partial charge in [0.25, 0.3) is 0 Å². The summed E-state index contributed by atoms with van der Waals surface area (Å²) in [6, 6.07) is 12.8. The number of rotatable bonds is 10. The van der Waals surface area contributed by atoms with Crippen LogP contribution in [0.15, 0.2) is 53.0 Å². The van der Waals surface area contributed by atoms with Crippen molar-refractivity contribution in [2.24, 2.45) is 0 Å². The Hall–Kier alpha value is -2.10.